The molecule has 3 amide bonds. The maximum Gasteiger partial charge on any atom is 0.269 e. The van der Waals surface area contributed by atoms with E-state index in [0.29, 0.717) is 16.8 Å². The molecule has 6 nitrogen and oxygen atoms in total. The van der Waals surface area contributed by atoms with Crippen LogP contribution in [0.5, 0.6) is 0 Å². The highest BCUT2D eigenvalue weighted by atomic mass is 16.2. The molecule has 0 aromatic heterocycles. The van der Waals surface area contributed by atoms with Crippen LogP contribution in [-0.4, -0.2) is 17.7 Å². The lowest BCUT2D eigenvalue weighted by molar-refractivity contribution is -0.114. The highest BCUT2D eigenvalue weighted by molar-refractivity contribution is 6.00. The van der Waals surface area contributed by atoms with Crippen LogP contribution in [0.2, 0.25) is 0 Å². The van der Waals surface area contributed by atoms with Gasteiger partial charge in [-0.05, 0) is 30.3 Å². The molecule has 22 heavy (non-hydrogen) atoms. The summed E-state index contributed by atoms with van der Waals surface area (Å²) in [6.07, 6.45) is 0. The highest BCUT2D eigenvalue weighted by Crippen LogP contribution is 2.10. The van der Waals surface area contributed by atoms with Gasteiger partial charge in [0.15, 0.2) is 0 Å². The largest absolute Gasteiger partial charge is 0.326 e. The maximum atomic E-state index is 12.0. The van der Waals surface area contributed by atoms with Gasteiger partial charge >= 0.3 is 0 Å². The molecule has 0 radical (unpaired) electrons. The molecule has 2 rings (SSSR count). The number of anilines is 1. The van der Waals surface area contributed by atoms with Crippen molar-refractivity contribution in [2.45, 2.75) is 6.92 Å². The quantitative estimate of drug-likeness (QED) is 0.754. The molecule has 0 fully saturated rings. The lowest BCUT2D eigenvalue weighted by Gasteiger charge is -2.08. The van der Waals surface area contributed by atoms with E-state index in [-0.39, 0.29) is 5.91 Å². The van der Waals surface area contributed by atoms with Crippen LogP contribution in [0.3, 0.4) is 0 Å². The summed E-state index contributed by atoms with van der Waals surface area (Å²) in [6, 6.07) is 14.9. The highest BCUT2D eigenvalue weighted by Gasteiger charge is 2.09. The van der Waals surface area contributed by atoms with E-state index in [4.69, 9.17) is 0 Å². The number of carbonyl (C=O) groups excluding carboxylic acids is 3. The van der Waals surface area contributed by atoms with Crippen LogP contribution in [0.4, 0.5) is 5.69 Å². The number of rotatable bonds is 3. The van der Waals surface area contributed by atoms with E-state index in [0.717, 1.165) is 0 Å². The van der Waals surface area contributed by atoms with Gasteiger partial charge in [-0.2, -0.15) is 0 Å². The molecule has 0 spiro atoms. The summed E-state index contributed by atoms with van der Waals surface area (Å²) in [4.78, 5) is 34.8. The number of carbonyl (C=O) groups is 3. The Kier molecular flexibility index (Phi) is 4.87. The van der Waals surface area contributed by atoms with Crippen molar-refractivity contribution in [1.29, 1.82) is 0 Å². The number of benzene rings is 2. The first-order chi connectivity index (χ1) is 10.6. The number of nitrogens with one attached hydrogen (secondary N) is 3. The summed E-state index contributed by atoms with van der Waals surface area (Å²) >= 11 is 0. The van der Waals surface area contributed by atoms with Gasteiger partial charge in [0.1, 0.15) is 0 Å². The van der Waals surface area contributed by atoms with Crippen molar-refractivity contribution in [3.63, 3.8) is 0 Å². The summed E-state index contributed by atoms with van der Waals surface area (Å²) in [5.41, 5.74) is 5.93. The average Bonchev–Trinajstić information content (AvgIpc) is 2.52. The Hall–Kier alpha value is -3.15. The van der Waals surface area contributed by atoms with Crippen molar-refractivity contribution in [3.05, 3.63) is 65.7 Å². The first kappa shape index (κ1) is 15.2. The van der Waals surface area contributed by atoms with E-state index in [2.05, 4.69) is 16.2 Å². The van der Waals surface area contributed by atoms with E-state index >= 15 is 0 Å². The van der Waals surface area contributed by atoms with Crippen LogP contribution in [0.1, 0.15) is 27.6 Å². The first-order valence-electron chi connectivity index (χ1n) is 6.59. The zero-order chi connectivity index (χ0) is 15.9. The fourth-order valence-electron chi connectivity index (χ4n) is 1.79. The Morgan fingerprint density at radius 1 is 0.773 bits per heavy atom. The third-order valence-electron chi connectivity index (χ3n) is 2.77. The van der Waals surface area contributed by atoms with Crippen molar-refractivity contribution in [2.75, 3.05) is 5.32 Å². The fourth-order valence-corrected chi connectivity index (χ4v) is 1.79. The summed E-state index contributed by atoms with van der Waals surface area (Å²) in [7, 11) is 0. The summed E-state index contributed by atoms with van der Waals surface area (Å²) in [5.74, 6) is -1.11. The minimum absolute atomic E-state index is 0.227. The smallest absolute Gasteiger partial charge is 0.269 e. The van der Waals surface area contributed by atoms with Gasteiger partial charge < -0.3 is 5.32 Å². The van der Waals surface area contributed by atoms with Gasteiger partial charge in [-0.1, -0.05) is 24.3 Å². The average molecular weight is 297 g/mol. The Morgan fingerprint density at radius 2 is 1.36 bits per heavy atom. The molecule has 0 aliphatic heterocycles. The second-order valence-electron chi connectivity index (χ2n) is 4.54. The third-order valence-corrected chi connectivity index (χ3v) is 2.77. The monoisotopic (exact) mass is 297 g/mol. The van der Waals surface area contributed by atoms with Crippen molar-refractivity contribution in [3.8, 4) is 0 Å². The van der Waals surface area contributed by atoms with Gasteiger partial charge in [-0.25, -0.2) is 0 Å². The molecule has 0 saturated heterocycles. The molecule has 0 bridgehead atoms. The van der Waals surface area contributed by atoms with Gasteiger partial charge in [0, 0.05) is 23.7 Å². The van der Waals surface area contributed by atoms with Crippen molar-refractivity contribution in [1.82, 2.24) is 10.9 Å². The molecule has 0 atom stereocenters. The molecule has 0 saturated carbocycles. The van der Waals surface area contributed by atoms with Crippen LogP contribution in [0, 0.1) is 0 Å². The molecule has 6 heteroatoms. The summed E-state index contributed by atoms with van der Waals surface area (Å²) in [5, 5.41) is 2.58. The van der Waals surface area contributed by atoms with Crippen molar-refractivity contribution in [2.24, 2.45) is 0 Å². The van der Waals surface area contributed by atoms with Crippen LogP contribution >= 0.6 is 0 Å². The van der Waals surface area contributed by atoms with E-state index in [9.17, 15) is 14.4 Å². The molecule has 3 N–H and O–H groups in total. The van der Waals surface area contributed by atoms with Crippen LogP contribution < -0.4 is 16.2 Å². The fraction of sp³-hybridized carbons (Fsp3) is 0.0625. The van der Waals surface area contributed by atoms with Crippen molar-refractivity contribution < 1.29 is 14.4 Å². The zero-order valence-corrected chi connectivity index (χ0v) is 11.9. The first-order valence-corrected chi connectivity index (χ1v) is 6.59. The van der Waals surface area contributed by atoms with Crippen LogP contribution in [0.25, 0.3) is 0 Å². The Balaban J connectivity index is 1.98. The number of hydrazine groups is 1. The lowest BCUT2D eigenvalue weighted by atomic mass is 10.2. The lowest BCUT2D eigenvalue weighted by Crippen LogP contribution is -2.41. The molecule has 112 valence electrons. The standard InChI is InChI=1S/C16H15N3O3/c1-11(20)17-14-9-5-8-13(10-14)16(22)19-18-15(21)12-6-3-2-4-7-12/h2-10H,1H3,(H,17,20)(H,18,21)(H,19,22). The van der Waals surface area contributed by atoms with Crippen molar-refractivity contribution >= 4 is 23.4 Å². The predicted molar refractivity (Wildman–Crippen MR) is 82.1 cm³/mol. The van der Waals surface area contributed by atoms with E-state index in [1.165, 1.54) is 13.0 Å². The van der Waals surface area contributed by atoms with E-state index in [1.54, 1.807) is 48.5 Å². The number of hydrogen-bond acceptors (Lipinski definition) is 3. The SMILES string of the molecule is CC(=O)Nc1cccc(C(=O)NNC(=O)c2ccccc2)c1. The molecule has 0 aliphatic carbocycles. The van der Waals surface area contributed by atoms with E-state index < -0.39 is 11.8 Å². The van der Waals surface area contributed by atoms with Crippen LogP contribution in [-0.2, 0) is 4.79 Å². The van der Waals surface area contributed by atoms with E-state index in [1.807, 2.05) is 0 Å². The number of amides is 3. The zero-order valence-electron chi connectivity index (χ0n) is 11.9. The van der Waals surface area contributed by atoms with Gasteiger partial charge in [0.25, 0.3) is 11.8 Å². The second-order valence-corrected chi connectivity index (χ2v) is 4.54. The minimum atomic E-state index is -0.475. The van der Waals surface area contributed by atoms with Crippen LogP contribution in [0.15, 0.2) is 54.6 Å². The molecule has 0 unspecified atom stereocenters. The van der Waals surface area contributed by atoms with Gasteiger partial charge in [0.2, 0.25) is 5.91 Å². The maximum absolute atomic E-state index is 12.0. The Labute approximate surface area is 127 Å². The molecule has 0 heterocycles. The van der Waals surface area contributed by atoms with Gasteiger partial charge in [-0.15, -0.1) is 0 Å². The Bertz CT molecular complexity index is 699. The number of hydrogen-bond donors (Lipinski definition) is 3. The third kappa shape index (κ3) is 4.17. The molecule has 2 aromatic rings. The Morgan fingerprint density at radius 3 is 2.00 bits per heavy atom. The minimum Gasteiger partial charge on any atom is -0.326 e. The predicted octanol–water partition coefficient (Wildman–Crippen LogP) is 1.72. The topological polar surface area (TPSA) is 87.3 Å². The molecule has 2 aromatic carbocycles. The van der Waals surface area contributed by atoms with Gasteiger partial charge in [-0.3, -0.25) is 25.2 Å². The summed E-state index contributed by atoms with van der Waals surface area (Å²) < 4.78 is 0. The molecule has 0 aliphatic rings. The molecular formula is C16H15N3O3. The summed E-state index contributed by atoms with van der Waals surface area (Å²) in [6.45, 7) is 1.38. The normalized spacial score (nSPS) is 9.68. The van der Waals surface area contributed by atoms with Gasteiger partial charge in [0.05, 0.1) is 0 Å². The molecular weight excluding hydrogens is 282 g/mol. The second kappa shape index (κ2) is 7.03.